The van der Waals surface area contributed by atoms with Gasteiger partial charge in [-0.2, -0.15) is 0 Å². The monoisotopic (exact) mass is 411 g/mol. The Bertz CT molecular complexity index is 1050. The maximum atomic E-state index is 12.6. The minimum absolute atomic E-state index is 0.0293. The van der Waals surface area contributed by atoms with Gasteiger partial charge in [0.2, 0.25) is 5.95 Å². The van der Waals surface area contributed by atoms with Crippen LogP contribution in [0, 0.1) is 0 Å². The average Bonchev–Trinajstić information content (AvgIpc) is 3.26. The first-order chi connectivity index (χ1) is 14.2. The average molecular weight is 412 g/mol. The summed E-state index contributed by atoms with van der Waals surface area (Å²) >= 11 is 1.45. The first-order valence-electron chi connectivity index (χ1n) is 10.2. The molecule has 0 atom stereocenters. The van der Waals surface area contributed by atoms with Crippen molar-refractivity contribution in [1.29, 1.82) is 0 Å². The fourth-order valence-corrected chi connectivity index (χ4v) is 4.98. The SMILES string of the molecule is Cn1c(N2CCN(c3ccc(N4CCCCC4)nn3)CC2)nc2ccsc2c1=O. The molecule has 2 fully saturated rings. The molecule has 2 aliphatic rings. The molecule has 0 spiro atoms. The number of nitrogens with zero attached hydrogens (tertiary/aromatic N) is 7. The lowest BCUT2D eigenvalue weighted by atomic mass is 10.1. The van der Waals surface area contributed by atoms with Crippen LogP contribution in [0.15, 0.2) is 28.4 Å². The van der Waals surface area contributed by atoms with E-state index in [9.17, 15) is 4.79 Å². The summed E-state index contributed by atoms with van der Waals surface area (Å²) in [5.74, 6) is 2.64. The zero-order valence-electron chi connectivity index (χ0n) is 16.6. The van der Waals surface area contributed by atoms with Crippen molar-refractivity contribution in [2.24, 2.45) is 7.05 Å². The second-order valence-electron chi connectivity index (χ2n) is 7.68. The fraction of sp³-hybridized carbons (Fsp3) is 0.500. The van der Waals surface area contributed by atoms with Gasteiger partial charge in [0.05, 0.1) is 5.52 Å². The number of piperidine rings is 1. The van der Waals surface area contributed by atoms with E-state index in [1.54, 1.807) is 11.6 Å². The van der Waals surface area contributed by atoms with Gasteiger partial charge in [0.25, 0.3) is 5.56 Å². The Balaban J connectivity index is 1.28. The summed E-state index contributed by atoms with van der Waals surface area (Å²) in [4.78, 5) is 24.1. The smallest absolute Gasteiger partial charge is 0.272 e. The van der Waals surface area contributed by atoms with Gasteiger partial charge in [-0.05, 0) is 42.8 Å². The van der Waals surface area contributed by atoms with E-state index in [1.165, 1.54) is 30.6 Å². The van der Waals surface area contributed by atoms with Crippen molar-refractivity contribution >= 4 is 39.1 Å². The Hall–Kier alpha value is -2.68. The topological polar surface area (TPSA) is 70.4 Å². The summed E-state index contributed by atoms with van der Waals surface area (Å²) in [6, 6.07) is 6.09. The summed E-state index contributed by atoms with van der Waals surface area (Å²) in [6.45, 7) is 5.40. The summed E-state index contributed by atoms with van der Waals surface area (Å²) in [7, 11) is 1.81. The molecule has 0 aromatic carbocycles. The first-order valence-corrected chi connectivity index (χ1v) is 11.1. The van der Waals surface area contributed by atoms with Gasteiger partial charge >= 0.3 is 0 Å². The van der Waals surface area contributed by atoms with E-state index in [0.29, 0.717) is 0 Å². The van der Waals surface area contributed by atoms with Crippen molar-refractivity contribution in [1.82, 2.24) is 19.7 Å². The molecule has 2 aliphatic heterocycles. The molecule has 5 rings (SSSR count). The summed E-state index contributed by atoms with van der Waals surface area (Å²) in [5, 5.41) is 10.9. The van der Waals surface area contributed by atoms with Crippen molar-refractivity contribution < 1.29 is 0 Å². The number of hydrogen-bond acceptors (Lipinski definition) is 8. The van der Waals surface area contributed by atoms with Crippen LogP contribution in [0.2, 0.25) is 0 Å². The second kappa shape index (κ2) is 7.62. The minimum Gasteiger partial charge on any atom is -0.355 e. The highest BCUT2D eigenvalue weighted by Gasteiger charge is 2.23. The van der Waals surface area contributed by atoms with Crippen LogP contribution in [0.4, 0.5) is 17.6 Å². The largest absolute Gasteiger partial charge is 0.355 e. The third kappa shape index (κ3) is 3.43. The molecule has 0 bridgehead atoms. The van der Waals surface area contributed by atoms with Gasteiger partial charge in [-0.15, -0.1) is 21.5 Å². The molecule has 0 amide bonds. The van der Waals surface area contributed by atoms with Crippen LogP contribution in [0.3, 0.4) is 0 Å². The van der Waals surface area contributed by atoms with E-state index in [0.717, 1.165) is 67.1 Å². The van der Waals surface area contributed by atoms with Crippen molar-refractivity contribution in [3.63, 3.8) is 0 Å². The number of anilines is 3. The lowest BCUT2D eigenvalue weighted by Gasteiger charge is -2.36. The highest BCUT2D eigenvalue weighted by atomic mass is 32.1. The molecule has 9 heteroatoms. The third-order valence-corrected chi connectivity index (χ3v) is 6.76. The Morgan fingerprint density at radius 1 is 0.828 bits per heavy atom. The maximum absolute atomic E-state index is 12.6. The lowest BCUT2D eigenvalue weighted by molar-refractivity contribution is 0.570. The number of hydrogen-bond donors (Lipinski definition) is 0. The number of thiophene rings is 1. The van der Waals surface area contributed by atoms with Crippen molar-refractivity contribution in [3.8, 4) is 0 Å². The van der Waals surface area contributed by atoms with E-state index in [1.807, 2.05) is 11.4 Å². The molecule has 5 heterocycles. The quantitative estimate of drug-likeness (QED) is 0.654. The van der Waals surface area contributed by atoms with Gasteiger partial charge in [0.1, 0.15) is 4.70 Å². The molecular weight excluding hydrogens is 386 g/mol. The molecule has 0 radical (unpaired) electrons. The van der Waals surface area contributed by atoms with Crippen LogP contribution in [0.25, 0.3) is 10.2 Å². The fourth-order valence-electron chi connectivity index (χ4n) is 4.17. The van der Waals surface area contributed by atoms with Gasteiger partial charge in [0.15, 0.2) is 11.6 Å². The second-order valence-corrected chi connectivity index (χ2v) is 8.60. The van der Waals surface area contributed by atoms with E-state index in [2.05, 4.69) is 37.0 Å². The highest BCUT2D eigenvalue weighted by molar-refractivity contribution is 7.17. The van der Waals surface area contributed by atoms with Gasteiger partial charge < -0.3 is 14.7 Å². The minimum atomic E-state index is 0.0293. The van der Waals surface area contributed by atoms with Crippen molar-refractivity contribution in [2.45, 2.75) is 19.3 Å². The Morgan fingerprint density at radius 2 is 1.45 bits per heavy atom. The molecule has 3 aromatic heterocycles. The van der Waals surface area contributed by atoms with Gasteiger partial charge in [0, 0.05) is 46.3 Å². The van der Waals surface area contributed by atoms with Crippen molar-refractivity contribution in [3.05, 3.63) is 33.9 Å². The summed E-state index contributed by atoms with van der Waals surface area (Å²) < 4.78 is 2.39. The number of piperazine rings is 1. The standard InChI is InChI=1S/C20H25N7OS/c1-24-19(28)18-15(7-14-29-18)21-20(24)27-12-10-26(11-13-27)17-6-5-16(22-23-17)25-8-3-2-4-9-25/h5-7,14H,2-4,8-13H2,1H3. The van der Waals surface area contributed by atoms with Crippen LogP contribution < -0.4 is 20.3 Å². The molecule has 0 aliphatic carbocycles. The number of aromatic nitrogens is 4. The zero-order chi connectivity index (χ0) is 19.8. The van der Waals surface area contributed by atoms with Crippen LogP contribution in [0.1, 0.15) is 19.3 Å². The van der Waals surface area contributed by atoms with Gasteiger partial charge in [-0.1, -0.05) is 0 Å². The zero-order valence-corrected chi connectivity index (χ0v) is 17.4. The number of rotatable bonds is 3. The summed E-state index contributed by atoms with van der Waals surface area (Å²) in [6.07, 6.45) is 3.78. The molecule has 2 saturated heterocycles. The maximum Gasteiger partial charge on any atom is 0.272 e. The molecule has 0 N–H and O–H groups in total. The molecule has 8 nitrogen and oxygen atoms in total. The van der Waals surface area contributed by atoms with Gasteiger partial charge in [-0.25, -0.2) is 4.98 Å². The van der Waals surface area contributed by atoms with Crippen LogP contribution in [0.5, 0.6) is 0 Å². The number of fused-ring (bicyclic) bond motifs is 1. The lowest BCUT2D eigenvalue weighted by Crippen LogP contribution is -2.48. The molecule has 0 unspecified atom stereocenters. The molecule has 3 aromatic rings. The normalized spacial score (nSPS) is 17.9. The Morgan fingerprint density at radius 3 is 2.10 bits per heavy atom. The van der Waals surface area contributed by atoms with Gasteiger partial charge in [-0.3, -0.25) is 9.36 Å². The molecular formula is C20H25N7OS. The van der Waals surface area contributed by atoms with Crippen LogP contribution in [-0.2, 0) is 7.05 Å². The third-order valence-electron chi connectivity index (χ3n) is 5.87. The van der Waals surface area contributed by atoms with Crippen molar-refractivity contribution in [2.75, 3.05) is 54.0 Å². The Labute approximate surface area is 173 Å². The molecule has 29 heavy (non-hydrogen) atoms. The first kappa shape index (κ1) is 18.4. The van der Waals surface area contributed by atoms with E-state index in [-0.39, 0.29) is 5.56 Å². The van der Waals surface area contributed by atoms with Crippen LogP contribution >= 0.6 is 11.3 Å². The van der Waals surface area contributed by atoms with Crippen LogP contribution in [-0.4, -0.2) is 59.0 Å². The van der Waals surface area contributed by atoms with E-state index >= 15 is 0 Å². The predicted molar refractivity (Wildman–Crippen MR) is 117 cm³/mol. The highest BCUT2D eigenvalue weighted by Crippen LogP contribution is 2.22. The molecule has 0 saturated carbocycles. The van der Waals surface area contributed by atoms with E-state index in [4.69, 9.17) is 4.98 Å². The summed E-state index contributed by atoms with van der Waals surface area (Å²) in [5.41, 5.74) is 0.816. The predicted octanol–water partition coefficient (Wildman–Crippen LogP) is 2.10. The van der Waals surface area contributed by atoms with E-state index < -0.39 is 0 Å². The molecule has 152 valence electrons. The Kier molecular flexibility index (Phi) is 4.83.